The van der Waals surface area contributed by atoms with Crippen LogP contribution in [0, 0.1) is 6.92 Å². The topological polar surface area (TPSA) is 102 Å². The third-order valence-electron chi connectivity index (χ3n) is 2.17. The van der Waals surface area contributed by atoms with E-state index in [-0.39, 0.29) is 18.9 Å². The molecule has 0 saturated heterocycles. The molecule has 0 aliphatic rings. The van der Waals surface area contributed by atoms with Gasteiger partial charge in [0.15, 0.2) is 0 Å². The van der Waals surface area contributed by atoms with Crippen molar-refractivity contribution < 1.29 is 22.8 Å². The minimum atomic E-state index is -3.46. The first-order valence-electron chi connectivity index (χ1n) is 5.49. The molecule has 7 nitrogen and oxygen atoms in total. The summed E-state index contributed by atoms with van der Waals surface area (Å²) in [6.45, 7) is 2.03. The molecule has 0 aromatic carbocycles. The van der Waals surface area contributed by atoms with E-state index >= 15 is 0 Å². The summed E-state index contributed by atoms with van der Waals surface area (Å²) in [6, 6.07) is 1.57. The van der Waals surface area contributed by atoms with E-state index in [1.165, 1.54) is 7.11 Å². The summed E-state index contributed by atoms with van der Waals surface area (Å²) in [7, 11) is -1.98. The molecule has 0 amide bonds. The van der Waals surface area contributed by atoms with Crippen LogP contribution in [0.25, 0.3) is 0 Å². The minimum Gasteiger partial charge on any atom is -0.391 e. The third-order valence-corrected chi connectivity index (χ3v) is 3.49. The Morgan fingerprint density at radius 1 is 1.61 bits per heavy atom. The summed E-state index contributed by atoms with van der Waals surface area (Å²) in [5, 5.41) is 13.0. The number of nitrogens with zero attached hydrogens (tertiary/aromatic N) is 1. The fourth-order valence-corrected chi connectivity index (χ4v) is 2.44. The number of sulfonamides is 1. The largest absolute Gasteiger partial charge is 0.391 e. The van der Waals surface area contributed by atoms with Gasteiger partial charge in [-0.1, -0.05) is 5.16 Å². The number of aliphatic hydroxyl groups excluding tert-OH is 1. The van der Waals surface area contributed by atoms with Crippen LogP contribution in [0.2, 0.25) is 0 Å². The van der Waals surface area contributed by atoms with E-state index in [1.807, 2.05) is 0 Å². The average molecular weight is 278 g/mol. The Bertz CT molecular complexity index is 457. The average Bonchev–Trinajstić information content (AvgIpc) is 2.63. The van der Waals surface area contributed by atoms with Crippen LogP contribution in [0.1, 0.15) is 17.9 Å². The van der Waals surface area contributed by atoms with Crippen molar-refractivity contribution in [2.24, 2.45) is 0 Å². The molecule has 1 heterocycles. The Kier molecular flexibility index (Phi) is 5.73. The molecule has 0 spiro atoms. The zero-order valence-electron chi connectivity index (χ0n) is 10.4. The Morgan fingerprint density at radius 3 is 2.89 bits per heavy atom. The van der Waals surface area contributed by atoms with Crippen LogP contribution in [0.3, 0.4) is 0 Å². The lowest BCUT2D eigenvalue weighted by molar-refractivity contribution is 0.0603. The normalized spacial score (nSPS) is 13.7. The quantitative estimate of drug-likeness (QED) is 0.683. The van der Waals surface area contributed by atoms with Crippen molar-refractivity contribution in [3.63, 3.8) is 0 Å². The maximum Gasteiger partial charge on any atom is 0.217 e. The van der Waals surface area contributed by atoms with Crippen molar-refractivity contribution >= 4 is 10.0 Å². The summed E-state index contributed by atoms with van der Waals surface area (Å²) < 4.78 is 35.2. The van der Waals surface area contributed by atoms with Gasteiger partial charge in [0.2, 0.25) is 10.0 Å². The van der Waals surface area contributed by atoms with E-state index in [2.05, 4.69) is 9.88 Å². The Hall–Kier alpha value is -0.960. The summed E-state index contributed by atoms with van der Waals surface area (Å²) in [6.07, 6.45) is -0.378. The summed E-state index contributed by atoms with van der Waals surface area (Å²) in [5.41, 5.74) is 0.359. The summed E-state index contributed by atoms with van der Waals surface area (Å²) in [4.78, 5) is 0. The Balaban J connectivity index is 2.36. The minimum absolute atomic E-state index is 0.156. The molecule has 0 aliphatic heterocycles. The van der Waals surface area contributed by atoms with E-state index in [4.69, 9.17) is 9.26 Å². The second kappa shape index (κ2) is 6.83. The molecule has 1 aromatic rings. The highest BCUT2D eigenvalue weighted by Gasteiger charge is 2.14. The van der Waals surface area contributed by atoms with Crippen LogP contribution in [0.5, 0.6) is 0 Å². The summed E-state index contributed by atoms with van der Waals surface area (Å²) in [5.74, 6) is 0.334. The van der Waals surface area contributed by atoms with Crippen LogP contribution in [0.4, 0.5) is 0 Å². The second-order valence-electron chi connectivity index (χ2n) is 3.98. The zero-order chi connectivity index (χ0) is 13.6. The number of nitrogens with one attached hydrogen (secondary N) is 1. The highest BCUT2D eigenvalue weighted by molar-refractivity contribution is 7.88. The first kappa shape index (κ1) is 15.1. The van der Waals surface area contributed by atoms with Crippen molar-refractivity contribution in [3.8, 4) is 0 Å². The molecular formula is C10H18N2O5S. The number of hydrogen-bond acceptors (Lipinski definition) is 6. The van der Waals surface area contributed by atoms with E-state index in [0.29, 0.717) is 17.9 Å². The first-order chi connectivity index (χ1) is 8.43. The summed E-state index contributed by atoms with van der Waals surface area (Å²) >= 11 is 0. The van der Waals surface area contributed by atoms with Crippen molar-refractivity contribution in [1.82, 2.24) is 9.88 Å². The molecule has 1 rings (SSSR count). The molecule has 0 saturated carbocycles. The van der Waals surface area contributed by atoms with Gasteiger partial charge in [-0.25, -0.2) is 13.1 Å². The third kappa shape index (κ3) is 5.58. The molecule has 18 heavy (non-hydrogen) atoms. The number of methoxy groups -OCH3 is 1. The Morgan fingerprint density at radius 2 is 2.33 bits per heavy atom. The van der Waals surface area contributed by atoms with Gasteiger partial charge in [0.1, 0.15) is 17.2 Å². The number of aliphatic hydroxyl groups is 1. The Labute approximate surface area is 106 Å². The first-order valence-corrected chi connectivity index (χ1v) is 7.14. The van der Waals surface area contributed by atoms with Crippen LogP contribution >= 0.6 is 0 Å². The predicted molar refractivity (Wildman–Crippen MR) is 64.4 cm³/mol. The number of aryl methyl sites for hydroxylation is 1. The van der Waals surface area contributed by atoms with Crippen molar-refractivity contribution in [1.29, 1.82) is 0 Å². The SMILES string of the molecule is COCC(O)CCNS(=O)(=O)Cc1cc(C)on1. The number of aromatic nitrogens is 1. The van der Waals surface area contributed by atoms with Crippen LogP contribution in [-0.2, 0) is 20.5 Å². The second-order valence-corrected chi connectivity index (χ2v) is 5.79. The molecule has 1 aromatic heterocycles. The molecule has 2 N–H and O–H groups in total. The van der Waals surface area contributed by atoms with Gasteiger partial charge in [-0.05, 0) is 13.3 Å². The van der Waals surface area contributed by atoms with E-state index in [1.54, 1.807) is 13.0 Å². The van der Waals surface area contributed by atoms with Crippen molar-refractivity contribution in [2.45, 2.75) is 25.2 Å². The molecule has 104 valence electrons. The molecule has 0 aliphatic carbocycles. The smallest absolute Gasteiger partial charge is 0.217 e. The number of ether oxygens (including phenoxy) is 1. The van der Waals surface area contributed by atoms with E-state index in [0.717, 1.165) is 0 Å². The maximum absolute atomic E-state index is 11.6. The molecular weight excluding hydrogens is 260 g/mol. The molecule has 0 fully saturated rings. The van der Waals surface area contributed by atoms with Crippen LogP contribution in [0.15, 0.2) is 10.6 Å². The van der Waals surface area contributed by atoms with Gasteiger partial charge in [0.05, 0.1) is 12.7 Å². The number of hydrogen-bond donors (Lipinski definition) is 2. The lowest BCUT2D eigenvalue weighted by Gasteiger charge is -2.09. The molecule has 0 bridgehead atoms. The molecule has 0 radical (unpaired) electrons. The van der Waals surface area contributed by atoms with Gasteiger partial charge < -0.3 is 14.4 Å². The van der Waals surface area contributed by atoms with Crippen molar-refractivity contribution in [3.05, 3.63) is 17.5 Å². The van der Waals surface area contributed by atoms with Gasteiger partial charge in [-0.15, -0.1) is 0 Å². The fraction of sp³-hybridized carbons (Fsp3) is 0.700. The van der Waals surface area contributed by atoms with Gasteiger partial charge in [0, 0.05) is 19.7 Å². The van der Waals surface area contributed by atoms with Gasteiger partial charge in [-0.2, -0.15) is 0 Å². The van der Waals surface area contributed by atoms with Gasteiger partial charge in [-0.3, -0.25) is 0 Å². The molecule has 1 unspecified atom stereocenters. The monoisotopic (exact) mass is 278 g/mol. The van der Waals surface area contributed by atoms with E-state index < -0.39 is 16.1 Å². The van der Waals surface area contributed by atoms with E-state index in [9.17, 15) is 13.5 Å². The lowest BCUT2D eigenvalue weighted by atomic mass is 10.3. The lowest BCUT2D eigenvalue weighted by Crippen LogP contribution is -2.29. The maximum atomic E-state index is 11.6. The highest BCUT2D eigenvalue weighted by atomic mass is 32.2. The number of rotatable bonds is 8. The van der Waals surface area contributed by atoms with Gasteiger partial charge >= 0.3 is 0 Å². The standard InChI is InChI=1S/C10H18N2O5S/c1-8-5-9(12-17-8)7-18(14,15)11-4-3-10(13)6-16-2/h5,10-11,13H,3-4,6-7H2,1-2H3. The molecule has 8 heteroatoms. The zero-order valence-corrected chi connectivity index (χ0v) is 11.2. The predicted octanol–water partition coefficient (Wildman–Crippen LogP) is -0.200. The van der Waals surface area contributed by atoms with Crippen molar-refractivity contribution in [2.75, 3.05) is 20.3 Å². The van der Waals surface area contributed by atoms with Crippen LogP contribution < -0.4 is 4.72 Å². The highest BCUT2D eigenvalue weighted by Crippen LogP contribution is 2.05. The van der Waals surface area contributed by atoms with Gasteiger partial charge in [0.25, 0.3) is 0 Å². The van der Waals surface area contributed by atoms with Crippen LogP contribution in [-0.4, -0.2) is 45.0 Å². The molecule has 1 atom stereocenters. The fourth-order valence-electron chi connectivity index (χ4n) is 1.39.